The van der Waals surface area contributed by atoms with Crippen LogP contribution in [0.2, 0.25) is 0 Å². The van der Waals surface area contributed by atoms with Gasteiger partial charge in [0.1, 0.15) is 17.3 Å². The second kappa shape index (κ2) is 7.70. The average Bonchev–Trinajstić information content (AvgIpc) is 2.51. The number of benzene rings is 1. The molecule has 0 fully saturated rings. The number of aromatic nitrogens is 1. The van der Waals surface area contributed by atoms with Gasteiger partial charge in [-0.2, -0.15) is 5.26 Å². The van der Waals surface area contributed by atoms with E-state index in [4.69, 9.17) is 10.00 Å². The minimum absolute atomic E-state index is 0.311. The van der Waals surface area contributed by atoms with E-state index < -0.39 is 0 Å². The molecule has 0 bridgehead atoms. The summed E-state index contributed by atoms with van der Waals surface area (Å²) >= 11 is 0. The standard InChI is InChI=1S/C22H28N2O/c1-21(2,3)16-22(4,5)13-6-7-14-25-19-10-8-9-17-11-12-18(15-23)24-20(17)19/h7-12,14H,6,13,16H2,1-5H3. The Morgan fingerprint density at radius 3 is 2.56 bits per heavy atom. The van der Waals surface area contributed by atoms with Crippen LogP contribution >= 0.6 is 0 Å². The smallest absolute Gasteiger partial charge is 0.152 e. The van der Waals surface area contributed by atoms with Crippen LogP contribution in [0.3, 0.4) is 0 Å². The van der Waals surface area contributed by atoms with Crippen molar-refractivity contribution in [3.8, 4) is 11.8 Å². The summed E-state index contributed by atoms with van der Waals surface area (Å²) in [5.41, 5.74) is 1.78. The summed E-state index contributed by atoms with van der Waals surface area (Å²) in [5, 5.41) is 9.99. The Kier molecular flexibility index (Phi) is 5.85. The molecule has 0 saturated carbocycles. The van der Waals surface area contributed by atoms with Gasteiger partial charge in [-0.25, -0.2) is 4.98 Å². The van der Waals surface area contributed by atoms with Gasteiger partial charge < -0.3 is 4.74 Å². The van der Waals surface area contributed by atoms with Gasteiger partial charge in [0.25, 0.3) is 0 Å². The quantitative estimate of drug-likeness (QED) is 0.586. The fraction of sp³-hybridized carbons (Fsp3) is 0.455. The van der Waals surface area contributed by atoms with Crippen molar-refractivity contribution in [3.63, 3.8) is 0 Å². The van der Waals surface area contributed by atoms with Crippen molar-refractivity contribution in [2.75, 3.05) is 0 Å². The molecule has 3 heteroatoms. The van der Waals surface area contributed by atoms with Crippen molar-refractivity contribution >= 4 is 10.9 Å². The minimum Gasteiger partial charge on any atom is -0.463 e. The van der Waals surface area contributed by atoms with E-state index in [0.29, 0.717) is 22.3 Å². The fourth-order valence-electron chi connectivity index (χ4n) is 3.46. The Morgan fingerprint density at radius 2 is 1.88 bits per heavy atom. The molecule has 0 aliphatic carbocycles. The number of nitrogens with zero attached hydrogens (tertiary/aromatic N) is 2. The Labute approximate surface area is 151 Å². The zero-order valence-corrected chi connectivity index (χ0v) is 16.0. The van der Waals surface area contributed by atoms with E-state index in [1.165, 1.54) is 6.42 Å². The molecule has 0 atom stereocenters. The lowest BCUT2D eigenvalue weighted by molar-refractivity contribution is 0.200. The molecule has 2 rings (SSSR count). The maximum absolute atomic E-state index is 9.02. The van der Waals surface area contributed by atoms with Crippen LogP contribution in [0.25, 0.3) is 10.9 Å². The van der Waals surface area contributed by atoms with Crippen molar-refractivity contribution in [2.45, 2.75) is 53.9 Å². The molecule has 0 radical (unpaired) electrons. The van der Waals surface area contributed by atoms with Crippen LogP contribution in [0.4, 0.5) is 0 Å². The van der Waals surface area contributed by atoms with Gasteiger partial charge in [-0.1, -0.05) is 46.8 Å². The van der Waals surface area contributed by atoms with E-state index in [-0.39, 0.29) is 0 Å². The molecule has 1 aromatic heterocycles. The third-order valence-electron chi connectivity index (χ3n) is 4.09. The largest absolute Gasteiger partial charge is 0.463 e. The van der Waals surface area contributed by atoms with Gasteiger partial charge in [-0.3, -0.25) is 0 Å². The molecule has 0 N–H and O–H groups in total. The van der Waals surface area contributed by atoms with Gasteiger partial charge >= 0.3 is 0 Å². The zero-order chi connectivity index (χ0) is 18.5. The first-order valence-corrected chi connectivity index (χ1v) is 8.82. The topological polar surface area (TPSA) is 45.9 Å². The molecular weight excluding hydrogens is 308 g/mol. The Bertz CT molecular complexity index is 792. The number of fused-ring (bicyclic) bond motifs is 1. The summed E-state index contributed by atoms with van der Waals surface area (Å²) < 4.78 is 5.78. The highest BCUT2D eigenvalue weighted by molar-refractivity contribution is 5.84. The number of pyridine rings is 1. The summed E-state index contributed by atoms with van der Waals surface area (Å²) in [7, 11) is 0. The Hall–Kier alpha value is -2.34. The summed E-state index contributed by atoms with van der Waals surface area (Å²) in [6.07, 6.45) is 7.10. The lowest BCUT2D eigenvalue weighted by Gasteiger charge is -2.32. The van der Waals surface area contributed by atoms with Crippen LogP contribution < -0.4 is 4.74 Å². The van der Waals surface area contributed by atoms with Gasteiger partial charge in [0.05, 0.1) is 6.26 Å². The van der Waals surface area contributed by atoms with E-state index >= 15 is 0 Å². The number of nitriles is 1. The number of rotatable bonds is 6. The molecule has 0 saturated heterocycles. The first kappa shape index (κ1) is 19.0. The molecule has 1 heterocycles. The Balaban J connectivity index is 1.99. The first-order valence-electron chi connectivity index (χ1n) is 8.82. The first-order chi connectivity index (χ1) is 11.7. The van der Waals surface area contributed by atoms with Crippen molar-refractivity contribution in [1.29, 1.82) is 5.26 Å². The predicted octanol–water partition coefficient (Wildman–Crippen LogP) is 6.24. The zero-order valence-electron chi connectivity index (χ0n) is 16.0. The van der Waals surface area contributed by atoms with Gasteiger partial charge in [-0.05, 0) is 54.4 Å². The maximum atomic E-state index is 9.02. The lowest BCUT2D eigenvalue weighted by atomic mass is 9.74. The number of para-hydroxylation sites is 1. The highest BCUT2D eigenvalue weighted by Gasteiger charge is 2.24. The van der Waals surface area contributed by atoms with E-state index in [9.17, 15) is 0 Å². The SMILES string of the molecule is CC(C)(C)CC(C)(C)CCC=COc1cccc2ccc(C#N)nc12. The summed E-state index contributed by atoms with van der Waals surface area (Å²) in [5.74, 6) is 0.680. The van der Waals surface area contributed by atoms with Crippen LogP contribution in [0.5, 0.6) is 5.75 Å². The number of allylic oxidation sites excluding steroid dienone is 1. The van der Waals surface area contributed by atoms with Crippen molar-refractivity contribution in [3.05, 3.63) is 48.4 Å². The van der Waals surface area contributed by atoms with E-state index in [1.807, 2.05) is 24.3 Å². The number of hydrogen-bond donors (Lipinski definition) is 0. The second-order valence-electron chi connectivity index (χ2n) is 8.57. The fourth-order valence-corrected chi connectivity index (χ4v) is 3.46. The number of hydrogen-bond acceptors (Lipinski definition) is 3. The van der Waals surface area contributed by atoms with Gasteiger partial charge in [0.2, 0.25) is 0 Å². The summed E-state index contributed by atoms with van der Waals surface area (Å²) in [6, 6.07) is 11.5. The molecule has 3 nitrogen and oxygen atoms in total. The van der Waals surface area contributed by atoms with Crippen molar-refractivity contribution in [1.82, 2.24) is 4.98 Å². The average molecular weight is 336 g/mol. The third kappa shape index (κ3) is 5.90. The molecule has 132 valence electrons. The van der Waals surface area contributed by atoms with Gasteiger partial charge in [0, 0.05) is 5.39 Å². The number of ether oxygens (including phenoxy) is 1. The predicted molar refractivity (Wildman–Crippen MR) is 103 cm³/mol. The highest BCUT2D eigenvalue weighted by Crippen LogP contribution is 2.36. The molecule has 25 heavy (non-hydrogen) atoms. The van der Waals surface area contributed by atoms with Crippen LogP contribution in [-0.2, 0) is 0 Å². The monoisotopic (exact) mass is 336 g/mol. The normalized spacial score (nSPS) is 12.5. The molecule has 0 amide bonds. The second-order valence-corrected chi connectivity index (χ2v) is 8.57. The van der Waals surface area contributed by atoms with Gasteiger partial charge in [0.15, 0.2) is 5.75 Å². The van der Waals surface area contributed by atoms with Crippen molar-refractivity contribution in [2.24, 2.45) is 10.8 Å². The van der Waals surface area contributed by atoms with E-state index in [1.54, 1.807) is 12.3 Å². The maximum Gasteiger partial charge on any atom is 0.152 e. The lowest BCUT2D eigenvalue weighted by Crippen LogP contribution is -2.20. The highest BCUT2D eigenvalue weighted by atomic mass is 16.5. The van der Waals surface area contributed by atoms with E-state index in [2.05, 4.69) is 51.7 Å². The van der Waals surface area contributed by atoms with Crippen LogP contribution in [0.1, 0.15) is 59.6 Å². The molecule has 0 aliphatic heterocycles. The van der Waals surface area contributed by atoms with E-state index in [0.717, 1.165) is 23.7 Å². The molecular formula is C22H28N2O. The van der Waals surface area contributed by atoms with Crippen LogP contribution in [0.15, 0.2) is 42.7 Å². The molecule has 1 aromatic carbocycles. The molecule has 0 spiro atoms. The summed E-state index contributed by atoms with van der Waals surface area (Å²) in [4.78, 5) is 4.35. The Morgan fingerprint density at radius 1 is 1.12 bits per heavy atom. The molecule has 0 unspecified atom stereocenters. The van der Waals surface area contributed by atoms with Crippen LogP contribution in [0, 0.1) is 22.2 Å². The minimum atomic E-state index is 0.311. The van der Waals surface area contributed by atoms with Crippen molar-refractivity contribution < 1.29 is 4.74 Å². The molecule has 2 aromatic rings. The molecule has 0 aliphatic rings. The van der Waals surface area contributed by atoms with Crippen LogP contribution in [-0.4, -0.2) is 4.98 Å². The van der Waals surface area contributed by atoms with Gasteiger partial charge in [-0.15, -0.1) is 0 Å². The third-order valence-corrected chi connectivity index (χ3v) is 4.09. The summed E-state index contributed by atoms with van der Waals surface area (Å²) in [6.45, 7) is 11.5.